The molecule has 20 heavy (non-hydrogen) atoms. The number of hydrogen-bond acceptors (Lipinski definition) is 6. The van der Waals surface area contributed by atoms with Crippen LogP contribution in [0.4, 0.5) is 11.4 Å². The number of hydrogen-bond donors (Lipinski definition) is 2. The quantitative estimate of drug-likeness (QED) is 0.784. The van der Waals surface area contributed by atoms with Crippen molar-refractivity contribution in [2.45, 2.75) is 11.0 Å². The van der Waals surface area contributed by atoms with Crippen LogP contribution < -0.4 is 11.1 Å². The zero-order valence-corrected chi connectivity index (χ0v) is 12.6. The summed E-state index contributed by atoms with van der Waals surface area (Å²) in [6.07, 6.45) is 1.28. The second kappa shape index (κ2) is 5.99. The second-order valence-electron chi connectivity index (χ2n) is 5.16. The van der Waals surface area contributed by atoms with Crippen LogP contribution in [0.25, 0.3) is 0 Å². The van der Waals surface area contributed by atoms with Gasteiger partial charge in [-0.15, -0.1) is 0 Å². The van der Waals surface area contributed by atoms with Gasteiger partial charge in [0.05, 0.1) is 29.0 Å². The Morgan fingerprint density at radius 1 is 1.50 bits per heavy atom. The lowest BCUT2D eigenvalue weighted by Gasteiger charge is -2.30. The Balaban J connectivity index is 2.00. The highest BCUT2D eigenvalue weighted by atomic mass is 32.2. The molecule has 1 fully saturated rings. The Hall–Kier alpha value is -1.31. The van der Waals surface area contributed by atoms with Crippen LogP contribution in [0.2, 0.25) is 0 Å². The van der Waals surface area contributed by atoms with Crippen molar-refractivity contribution in [1.29, 1.82) is 0 Å². The summed E-state index contributed by atoms with van der Waals surface area (Å²) in [5, 5.41) is 3.21. The number of nitrogens with one attached hydrogen (secondary N) is 1. The number of sulfone groups is 1. The summed E-state index contributed by atoms with van der Waals surface area (Å²) in [7, 11) is -1.16. The predicted octanol–water partition coefficient (Wildman–Crippen LogP) is 0.415. The second-order valence-corrected chi connectivity index (χ2v) is 7.17. The molecule has 0 amide bonds. The van der Waals surface area contributed by atoms with E-state index in [0.29, 0.717) is 12.2 Å². The third-order valence-electron chi connectivity index (χ3n) is 3.31. The first-order valence-electron chi connectivity index (χ1n) is 6.50. The molecule has 6 nitrogen and oxygen atoms in total. The molecule has 1 aromatic carbocycles. The van der Waals surface area contributed by atoms with Gasteiger partial charge in [-0.2, -0.15) is 0 Å². The van der Waals surface area contributed by atoms with Crippen LogP contribution in [-0.4, -0.2) is 59.0 Å². The summed E-state index contributed by atoms with van der Waals surface area (Å²) >= 11 is 0. The number of nitrogens with zero attached hydrogens (tertiary/aromatic N) is 1. The Morgan fingerprint density at radius 2 is 2.25 bits per heavy atom. The topological polar surface area (TPSA) is 84.7 Å². The lowest BCUT2D eigenvalue weighted by atomic mass is 10.2. The van der Waals surface area contributed by atoms with Crippen molar-refractivity contribution < 1.29 is 13.2 Å². The van der Waals surface area contributed by atoms with Gasteiger partial charge in [0.25, 0.3) is 0 Å². The van der Waals surface area contributed by atoms with Crippen LogP contribution in [0.5, 0.6) is 0 Å². The molecule has 0 saturated carbocycles. The molecule has 0 aromatic heterocycles. The lowest BCUT2D eigenvalue weighted by Crippen LogP contribution is -2.43. The zero-order chi connectivity index (χ0) is 14.8. The number of ether oxygens (including phenoxy) is 1. The largest absolute Gasteiger partial charge is 0.397 e. The van der Waals surface area contributed by atoms with Crippen LogP contribution in [0.3, 0.4) is 0 Å². The standard InChI is InChI=1S/C13H21N3O3S/c1-16-5-6-19-10(9-16)8-15-13-4-3-11(7-12(13)14)20(2,17)18/h3-4,7,10,15H,5-6,8-9,14H2,1-2H3. The van der Waals surface area contributed by atoms with Gasteiger partial charge in [0.2, 0.25) is 0 Å². The van der Waals surface area contributed by atoms with Crippen LogP contribution in [0.1, 0.15) is 0 Å². The van der Waals surface area contributed by atoms with E-state index < -0.39 is 9.84 Å². The fraction of sp³-hybridized carbons (Fsp3) is 0.538. The van der Waals surface area contributed by atoms with Crippen molar-refractivity contribution in [3.05, 3.63) is 18.2 Å². The maximum Gasteiger partial charge on any atom is 0.175 e. The van der Waals surface area contributed by atoms with E-state index in [2.05, 4.69) is 17.3 Å². The molecule has 1 unspecified atom stereocenters. The summed E-state index contributed by atoms with van der Waals surface area (Å²) in [4.78, 5) is 2.44. The van der Waals surface area contributed by atoms with E-state index in [9.17, 15) is 8.42 Å². The molecule has 1 saturated heterocycles. The first-order valence-corrected chi connectivity index (χ1v) is 8.39. The average Bonchev–Trinajstić information content (AvgIpc) is 2.36. The van der Waals surface area contributed by atoms with Crippen LogP contribution >= 0.6 is 0 Å². The maximum absolute atomic E-state index is 11.4. The molecule has 2 rings (SSSR count). The molecule has 1 aliphatic rings. The number of nitrogen functional groups attached to an aromatic ring is 1. The van der Waals surface area contributed by atoms with Crippen molar-refractivity contribution in [1.82, 2.24) is 4.90 Å². The van der Waals surface area contributed by atoms with Crippen LogP contribution in [0, 0.1) is 0 Å². The summed E-state index contributed by atoms with van der Waals surface area (Å²) in [5.41, 5.74) is 7.04. The fourth-order valence-electron chi connectivity index (χ4n) is 2.15. The van der Waals surface area contributed by atoms with Crippen molar-refractivity contribution in [2.24, 2.45) is 0 Å². The third kappa shape index (κ3) is 3.84. The normalized spacial score (nSPS) is 20.8. The summed E-state index contributed by atoms with van der Waals surface area (Å²) in [6.45, 7) is 3.19. The third-order valence-corrected chi connectivity index (χ3v) is 4.42. The van der Waals surface area contributed by atoms with Crippen molar-refractivity contribution in [3.63, 3.8) is 0 Å². The van der Waals surface area contributed by atoms with Crippen molar-refractivity contribution in [3.8, 4) is 0 Å². The Labute approximate surface area is 119 Å². The predicted molar refractivity (Wildman–Crippen MR) is 79.7 cm³/mol. The summed E-state index contributed by atoms with van der Waals surface area (Å²) in [6, 6.07) is 4.73. The van der Waals surface area contributed by atoms with E-state index in [1.807, 2.05) is 0 Å². The minimum atomic E-state index is -3.22. The number of nitrogens with two attached hydrogens (primary N) is 1. The number of benzene rings is 1. The van der Waals surface area contributed by atoms with Gasteiger partial charge in [0, 0.05) is 25.9 Å². The molecule has 112 valence electrons. The van der Waals surface area contributed by atoms with Gasteiger partial charge < -0.3 is 20.7 Å². The molecular formula is C13H21N3O3S. The van der Waals surface area contributed by atoms with E-state index in [1.54, 1.807) is 12.1 Å². The summed E-state index contributed by atoms with van der Waals surface area (Å²) < 4.78 is 28.5. The van der Waals surface area contributed by atoms with Gasteiger partial charge in [-0.1, -0.05) is 0 Å². The Kier molecular flexibility index (Phi) is 4.52. The highest BCUT2D eigenvalue weighted by Gasteiger charge is 2.17. The first kappa shape index (κ1) is 15.1. The van der Waals surface area contributed by atoms with Gasteiger partial charge in [-0.05, 0) is 25.2 Å². The number of morpholine rings is 1. The maximum atomic E-state index is 11.4. The van der Waals surface area contributed by atoms with E-state index in [0.717, 1.165) is 25.4 Å². The van der Waals surface area contributed by atoms with Crippen molar-refractivity contribution >= 4 is 21.2 Å². The molecule has 1 heterocycles. The molecular weight excluding hydrogens is 278 g/mol. The molecule has 0 bridgehead atoms. The van der Waals surface area contributed by atoms with E-state index in [1.165, 1.54) is 12.3 Å². The fourth-order valence-corrected chi connectivity index (χ4v) is 2.80. The molecule has 1 aromatic rings. The highest BCUT2D eigenvalue weighted by molar-refractivity contribution is 7.90. The van der Waals surface area contributed by atoms with Gasteiger partial charge >= 0.3 is 0 Å². The van der Waals surface area contributed by atoms with E-state index in [-0.39, 0.29) is 11.0 Å². The van der Waals surface area contributed by atoms with Crippen molar-refractivity contribution in [2.75, 3.05) is 50.6 Å². The van der Waals surface area contributed by atoms with E-state index >= 15 is 0 Å². The van der Waals surface area contributed by atoms with E-state index in [4.69, 9.17) is 10.5 Å². The zero-order valence-electron chi connectivity index (χ0n) is 11.8. The van der Waals surface area contributed by atoms with Gasteiger partial charge in [0.1, 0.15) is 0 Å². The first-order chi connectivity index (χ1) is 9.36. The number of anilines is 2. The molecule has 1 aliphatic heterocycles. The highest BCUT2D eigenvalue weighted by Crippen LogP contribution is 2.22. The minimum Gasteiger partial charge on any atom is -0.397 e. The van der Waals surface area contributed by atoms with Gasteiger partial charge in [0.15, 0.2) is 9.84 Å². The Bertz CT molecular complexity index is 574. The Morgan fingerprint density at radius 3 is 2.85 bits per heavy atom. The smallest absolute Gasteiger partial charge is 0.175 e. The van der Waals surface area contributed by atoms with Crippen LogP contribution in [0.15, 0.2) is 23.1 Å². The van der Waals surface area contributed by atoms with Crippen LogP contribution in [-0.2, 0) is 14.6 Å². The lowest BCUT2D eigenvalue weighted by molar-refractivity contribution is -0.0117. The monoisotopic (exact) mass is 299 g/mol. The number of rotatable bonds is 4. The average molecular weight is 299 g/mol. The minimum absolute atomic E-state index is 0.114. The SMILES string of the molecule is CN1CCOC(CNc2ccc(S(C)(=O)=O)cc2N)C1. The molecule has 0 radical (unpaired) electrons. The molecule has 1 atom stereocenters. The van der Waals surface area contributed by atoms with Gasteiger partial charge in [-0.25, -0.2) is 8.42 Å². The summed E-state index contributed by atoms with van der Waals surface area (Å²) in [5.74, 6) is 0. The molecule has 0 aliphatic carbocycles. The molecule has 7 heteroatoms. The molecule has 0 spiro atoms. The van der Waals surface area contributed by atoms with Gasteiger partial charge in [-0.3, -0.25) is 0 Å². The molecule has 3 N–H and O–H groups in total. The number of likely N-dealkylation sites (N-methyl/N-ethyl adjacent to an activating group) is 1.